The molecule has 2 aromatic carbocycles. The van der Waals surface area contributed by atoms with Crippen molar-refractivity contribution in [1.82, 2.24) is 24.0 Å². The van der Waals surface area contributed by atoms with Crippen LogP contribution in [0.2, 0.25) is 0 Å². The standard InChI is InChI=1S/C23H21F3N6O4/c1-29-18-17(19(33)30(2)22(29)35)32(15-9-5-7-13-6-3-4-8-14(13)15)21(28-18)31-11-10-27-12-16(31)36-20(34)23(24,25)26/h3-9,16,27H,10-12H2,1-2H3. The highest BCUT2D eigenvalue weighted by Crippen LogP contribution is 2.31. The smallest absolute Gasteiger partial charge is 0.433 e. The second-order valence-electron chi connectivity index (χ2n) is 8.38. The number of carbonyl (C=O) groups excluding carboxylic acids is 1. The average Bonchev–Trinajstić information content (AvgIpc) is 3.26. The second kappa shape index (κ2) is 8.52. The minimum atomic E-state index is -5.18. The zero-order chi connectivity index (χ0) is 25.8. The van der Waals surface area contributed by atoms with Crippen molar-refractivity contribution in [3.63, 3.8) is 0 Å². The molecule has 1 fully saturated rings. The number of hydrogen-bond acceptors (Lipinski definition) is 7. The summed E-state index contributed by atoms with van der Waals surface area (Å²) in [5.74, 6) is -2.27. The Labute approximate surface area is 201 Å². The highest BCUT2D eigenvalue weighted by Gasteiger charge is 2.44. The Hall–Kier alpha value is -4.13. The van der Waals surface area contributed by atoms with Crippen molar-refractivity contribution in [1.29, 1.82) is 0 Å². The summed E-state index contributed by atoms with van der Waals surface area (Å²) in [5.41, 5.74) is -0.600. The lowest BCUT2D eigenvalue weighted by atomic mass is 10.1. The van der Waals surface area contributed by atoms with Gasteiger partial charge in [-0.3, -0.25) is 18.5 Å². The van der Waals surface area contributed by atoms with Gasteiger partial charge in [0.05, 0.1) is 12.2 Å². The first-order valence-electron chi connectivity index (χ1n) is 11.0. The van der Waals surface area contributed by atoms with Gasteiger partial charge in [0.2, 0.25) is 5.95 Å². The highest BCUT2D eigenvalue weighted by molar-refractivity contribution is 5.93. The Morgan fingerprint density at radius 2 is 1.81 bits per heavy atom. The number of esters is 1. The Kier molecular flexibility index (Phi) is 5.58. The van der Waals surface area contributed by atoms with E-state index >= 15 is 0 Å². The molecular weight excluding hydrogens is 481 g/mol. The van der Waals surface area contributed by atoms with Gasteiger partial charge < -0.3 is 15.0 Å². The number of halogens is 3. The van der Waals surface area contributed by atoms with Gasteiger partial charge in [-0.05, 0) is 11.5 Å². The second-order valence-corrected chi connectivity index (χ2v) is 8.38. The van der Waals surface area contributed by atoms with Crippen LogP contribution in [0.1, 0.15) is 0 Å². The number of fused-ring (bicyclic) bond motifs is 2. The fourth-order valence-electron chi connectivity index (χ4n) is 4.41. The number of hydrogen-bond donors (Lipinski definition) is 1. The summed E-state index contributed by atoms with van der Waals surface area (Å²) in [6.45, 7) is 0.380. The van der Waals surface area contributed by atoms with E-state index in [9.17, 15) is 27.6 Å². The molecule has 2 aromatic heterocycles. The summed E-state index contributed by atoms with van der Waals surface area (Å²) in [7, 11) is 2.79. The van der Waals surface area contributed by atoms with Crippen LogP contribution >= 0.6 is 0 Å². The van der Waals surface area contributed by atoms with Gasteiger partial charge in [-0.1, -0.05) is 36.4 Å². The van der Waals surface area contributed by atoms with Gasteiger partial charge in [-0.25, -0.2) is 9.59 Å². The number of ether oxygens (including phenoxy) is 1. The van der Waals surface area contributed by atoms with Crippen molar-refractivity contribution >= 4 is 33.9 Å². The summed E-state index contributed by atoms with van der Waals surface area (Å²) in [5, 5.41) is 4.51. The number of rotatable bonds is 3. The topological polar surface area (TPSA) is 103 Å². The number of aryl methyl sites for hydroxylation is 1. The van der Waals surface area contributed by atoms with E-state index in [0.29, 0.717) is 12.2 Å². The van der Waals surface area contributed by atoms with Crippen LogP contribution in [-0.2, 0) is 23.6 Å². The zero-order valence-electron chi connectivity index (χ0n) is 19.2. The Morgan fingerprint density at radius 3 is 2.56 bits per heavy atom. The maximum atomic E-state index is 13.3. The van der Waals surface area contributed by atoms with Gasteiger partial charge in [0, 0.05) is 32.6 Å². The molecule has 5 rings (SSSR count). The first kappa shape index (κ1) is 23.6. The number of nitrogens with one attached hydrogen (secondary N) is 1. The molecule has 3 heterocycles. The average molecular weight is 502 g/mol. The number of alkyl halides is 3. The number of aromatic nitrogens is 4. The molecule has 1 N–H and O–H groups in total. The number of carbonyl (C=O) groups is 1. The maximum Gasteiger partial charge on any atom is 0.491 e. The Bertz CT molecular complexity index is 1620. The van der Waals surface area contributed by atoms with Crippen LogP contribution in [0.4, 0.5) is 19.1 Å². The SMILES string of the molecule is Cn1c(=O)c2c(nc(N3CCNCC3OC(=O)C(F)(F)F)n2-c2cccc3ccccc23)n(C)c1=O. The third-order valence-electron chi connectivity index (χ3n) is 6.18. The van der Waals surface area contributed by atoms with Crippen LogP contribution in [0.5, 0.6) is 0 Å². The van der Waals surface area contributed by atoms with E-state index in [1.165, 1.54) is 28.1 Å². The molecule has 1 unspecified atom stereocenters. The number of piperazine rings is 1. The summed E-state index contributed by atoms with van der Waals surface area (Å²) in [4.78, 5) is 43.6. The molecule has 0 spiro atoms. The van der Waals surface area contributed by atoms with Crippen LogP contribution < -0.4 is 21.5 Å². The summed E-state index contributed by atoms with van der Waals surface area (Å²) < 4.78 is 47.4. The van der Waals surface area contributed by atoms with Crippen molar-refractivity contribution in [2.45, 2.75) is 12.4 Å². The molecule has 1 atom stereocenters. The lowest BCUT2D eigenvalue weighted by molar-refractivity contribution is -0.205. The van der Waals surface area contributed by atoms with Crippen molar-refractivity contribution < 1.29 is 22.7 Å². The maximum absolute atomic E-state index is 13.3. The van der Waals surface area contributed by atoms with Crippen molar-refractivity contribution in [2.24, 2.45) is 14.1 Å². The quantitative estimate of drug-likeness (QED) is 0.423. The lowest BCUT2D eigenvalue weighted by Gasteiger charge is -2.36. The minimum Gasteiger partial charge on any atom is -0.433 e. The molecule has 0 saturated carbocycles. The van der Waals surface area contributed by atoms with Crippen LogP contribution in [0.15, 0.2) is 52.1 Å². The van der Waals surface area contributed by atoms with Crippen molar-refractivity contribution in [3.8, 4) is 5.69 Å². The van der Waals surface area contributed by atoms with Crippen molar-refractivity contribution in [3.05, 3.63) is 63.3 Å². The first-order valence-corrected chi connectivity index (χ1v) is 11.0. The van der Waals surface area contributed by atoms with Gasteiger partial charge in [0.15, 0.2) is 17.4 Å². The highest BCUT2D eigenvalue weighted by atomic mass is 19.4. The molecule has 188 valence electrons. The predicted octanol–water partition coefficient (Wildman–Crippen LogP) is 1.42. The summed E-state index contributed by atoms with van der Waals surface area (Å²) >= 11 is 0. The van der Waals surface area contributed by atoms with E-state index in [1.54, 1.807) is 12.1 Å². The molecular formula is C23H21F3N6O4. The molecule has 36 heavy (non-hydrogen) atoms. The molecule has 0 aliphatic carbocycles. The van der Waals surface area contributed by atoms with Crippen LogP contribution in [0.25, 0.3) is 27.6 Å². The van der Waals surface area contributed by atoms with Crippen LogP contribution in [0, 0.1) is 0 Å². The van der Waals surface area contributed by atoms with Crippen molar-refractivity contribution in [2.75, 3.05) is 24.5 Å². The third kappa shape index (κ3) is 3.71. The van der Waals surface area contributed by atoms with Gasteiger partial charge in [0.25, 0.3) is 5.56 Å². The van der Waals surface area contributed by atoms with Gasteiger partial charge >= 0.3 is 17.8 Å². The normalized spacial score (nSPS) is 16.6. The summed E-state index contributed by atoms with van der Waals surface area (Å²) in [6.07, 6.45) is -6.54. The molecule has 1 aliphatic heterocycles. The number of anilines is 1. The number of imidazole rings is 1. The summed E-state index contributed by atoms with van der Waals surface area (Å²) in [6, 6.07) is 12.8. The number of nitrogens with zero attached hydrogens (tertiary/aromatic N) is 5. The fraction of sp³-hybridized carbons (Fsp3) is 0.304. The zero-order valence-corrected chi connectivity index (χ0v) is 19.2. The Morgan fingerprint density at radius 1 is 1.08 bits per heavy atom. The Balaban J connectivity index is 1.82. The van der Waals surface area contributed by atoms with E-state index in [2.05, 4.69) is 10.3 Å². The molecule has 0 amide bonds. The van der Waals surface area contributed by atoms with Gasteiger partial charge in [-0.15, -0.1) is 0 Å². The largest absolute Gasteiger partial charge is 0.491 e. The van der Waals surface area contributed by atoms with Gasteiger partial charge in [0.1, 0.15) is 0 Å². The monoisotopic (exact) mass is 502 g/mol. The molecule has 1 aliphatic rings. The minimum absolute atomic E-state index is 0.0467. The van der Waals surface area contributed by atoms with E-state index in [-0.39, 0.29) is 30.2 Å². The van der Waals surface area contributed by atoms with E-state index < -0.39 is 29.6 Å². The molecule has 1 saturated heterocycles. The van der Waals surface area contributed by atoms with E-state index in [0.717, 1.165) is 15.3 Å². The lowest BCUT2D eigenvalue weighted by Crippen LogP contribution is -2.55. The molecule has 4 aromatic rings. The molecule has 13 heteroatoms. The fourth-order valence-corrected chi connectivity index (χ4v) is 4.41. The molecule has 0 radical (unpaired) electrons. The van der Waals surface area contributed by atoms with E-state index in [1.807, 2.05) is 30.3 Å². The third-order valence-corrected chi connectivity index (χ3v) is 6.18. The van der Waals surface area contributed by atoms with Crippen LogP contribution in [-0.4, -0.2) is 56.7 Å². The molecule has 10 nitrogen and oxygen atoms in total. The molecule has 0 bridgehead atoms. The number of benzene rings is 2. The predicted molar refractivity (Wildman–Crippen MR) is 125 cm³/mol. The van der Waals surface area contributed by atoms with Crippen LogP contribution in [0.3, 0.4) is 0 Å². The van der Waals surface area contributed by atoms with Gasteiger partial charge in [-0.2, -0.15) is 18.2 Å². The first-order chi connectivity index (χ1) is 17.1. The van der Waals surface area contributed by atoms with E-state index in [4.69, 9.17) is 4.74 Å².